The van der Waals surface area contributed by atoms with E-state index in [9.17, 15) is 14.0 Å². The van der Waals surface area contributed by atoms with Crippen LogP contribution in [0.15, 0.2) is 82.0 Å². The second-order valence-electron chi connectivity index (χ2n) is 6.32. The first-order chi connectivity index (χ1) is 14.1. The zero-order valence-electron chi connectivity index (χ0n) is 15.4. The van der Waals surface area contributed by atoms with Gasteiger partial charge in [0.2, 0.25) is 0 Å². The number of carbonyl (C=O) groups excluding carboxylic acids is 1. The summed E-state index contributed by atoms with van der Waals surface area (Å²) in [7, 11) is 1.54. The lowest BCUT2D eigenvalue weighted by atomic mass is 10.1. The van der Waals surface area contributed by atoms with E-state index in [4.69, 9.17) is 9.15 Å². The minimum absolute atomic E-state index is 0.0724. The van der Waals surface area contributed by atoms with Crippen LogP contribution in [0.2, 0.25) is 0 Å². The van der Waals surface area contributed by atoms with Crippen LogP contribution >= 0.6 is 0 Å². The van der Waals surface area contributed by atoms with Crippen molar-refractivity contribution in [1.82, 2.24) is 0 Å². The first kappa shape index (κ1) is 18.4. The van der Waals surface area contributed by atoms with Gasteiger partial charge in [0.15, 0.2) is 5.43 Å². The molecule has 0 atom stereocenters. The molecule has 0 saturated carbocycles. The molecule has 0 fully saturated rings. The van der Waals surface area contributed by atoms with Gasteiger partial charge < -0.3 is 14.5 Å². The van der Waals surface area contributed by atoms with E-state index in [1.807, 2.05) is 12.1 Å². The zero-order valence-corrected chi connectivity index (χ0v) is 15.4. The molecule has 1 N–H and O–H groups in total. The monoisotopic (exact) mass is 389 g/mol. The molecule has 0 radical (unpaired) electrons. The smallest absolute Gasteiger partial charge is 0.258 e. The fourth-order valence-electron chi connectivity index (χ4n) is 3.06. The van der Waals surface area contributed by atoms with Crippen molar-refractivity contribution in [3.8, 4) is 17.1 Å². The van der Waals surface area contributed by atoms with Gasteiger partial charge in [-0.05, 0) is 36.4 Å². The highest BCUT2D eigenvalue weighted by atomic mass is 19.1. The van der Waals surface area contributed by atoms with E-state index >= 15 is 0 Å². The van der Waals surface area contributed by atoms with E-state index in [0.717, 1.165) is 0 Å². The van der Waals surface area contributed by atoms with Gasteiger partial charge in [-0.1, -0.05) is 24.3 Å². The first-order valence-corrected chi connectivity index (χ1v) is 8.84. The molecule has 0 bridgehead atoms. The highest BCUT2D eigenvalue weighted by Crippen LogP contribution is 2.31. The summed E-state index contributed by atoms with van der Waals surface area (Å²) < 4.78 is 25.1. The fraction of sp³-hybridized carbons (Fsp3) is 0.0435. The summed E-state index contributed by atoms with van der Waals surface area (Å²) in [5, 5.41) is 2.99. The Labute approximate surface area is 165 Å². The molecule has 0 spiro atoms. The number of benzene rings is 3. The van der Waals surface area contributed by atoms with Crippen LogP contribution in [-0.2, 0) is 0 Å². The van der Waals surface area contributed by atoms with Crippen molar-refractivity contribution < 1.29 is 18.3 Å². The van der Waals surface area contributed by atoms with Gasteiger partial charge in [-0.2, -0.15) is 0 Å². The largest absolute Gasteiger partial charge is 0.496 e. The predicted octanol–water partition coefficient (Wildman–Crippen LogP) is 4.86. The van der Waals surface area contributed by atoms with Gasteiger partial charge in [-0.15, -0.1) is 0 Å². The average molecular weight is 389 g/mol. The number of fused-ring (bicyclic) bond motifs is 1. The standard InChI is InChI=1S/C23H16FNO4/c1-28-20-9-5-3-7-17(20)22-13-19(26)16-11-10-14(12-21(16)29-22)25-23(27)15-6-2-4-8-18(15)24/h2-13H,1H3,(H,25,27). The molecule has 4 rings (SSSR count). The maximum Gasteiger partial charge on any atom is 0.258 e. The summed E-state index contributed by atoms with van der Waals surface area (Å²) >= 11 is 0. The first-order valence-electron chi connectivity index (χ1n) is 8.84. The second-order valence-corrected chi connectivity index (χ2v) is 6.32. The molecule has 144 valence electrons. The summed E-state index contributed by atoms with van der Waals surface area (Å²) in [4.78, 5) is 24.9. The van der Waals surface area contributed by atoms with Crippen molar-refractivity contribution in [3.63, 3.8) is 0 Å². The molecule has 0 saturated heterocycles. The Morgan fingerprint density at radius 2 is 1.76 bits per heavy atom. The second kappa shape index (κ2) is 7.59. The highest BCUT2D eigenvalue weighted by Gasteiger charge is 2.14. The fourth-order valence-corrected chi connectivity index (χ4v) is 3.06. The molecule has 4 aromatic rings. The summed E-state index contributed by atoms with van der Waals surface area (Å²) in [5.74, 6) is -0.294. The SMILES string of the molecule is COc1ccccc1-c1cc(=O)c2ccc(NC(=O)c3ccccc3F)cc2o1. The normalized spacial score (nSPS) is 10.7. The van der Waals surface area contributed by atoms with Crippen LogP contribution in [0.25, 0.3) is 22.3 Å². The van der Waals surface area contributed by atoms with E-state index in [1.54, 1.807) is 30.3 Å². The molecule has 5 nitrogen and oxygen atoms in total. The number of carbonyl (C=O) groups is 1. The molecule has 6 heteroatoms. The molecular formula is C23H16FNO4. The Kier molecular flexibility index (Phi) is 4.83. The maximum absolute atomic E-state index is 13.8. The van der Waals surface area contributed by atoms with Crippen LogP contribution in [0.4, 0.5) is 10.1 Å². The number of halogens is 1. The third-order valence-corrected chi connectivity index (χ3v) is 4.48. The summed E-state index contributed by atoms with van der Waals surface area (Å²) in [6.45, 7) is 0. The van der Waals surface area contributed by atoms with Gasteiger partial charge in [0, 0.05) is 17.8 Å². The lowest BCUT2D eigenvalue weighted by molar-refractivity contribution is 0.102. The minimum Gasteiger partial charge on any atom is -0.496 e. The molecular weight excluding hydrogens is 373 g/mol. The third-order valence-electron chi connectivity index (χ3n) is 4.48. The van der Waals surface area contributed by atoms with Crippen molar-refractivity contribution in [2.24, 2.45) is 0 Å². The zero-order chi connectivity index (χ0) is 20.4. The Balaban J connectivity index is 1.74. The topological polar surface area (TPSA) is 68.5 Å². The number of hydrogen-bond donors (Lipinski definition) is 1. The maximum atomic E-state index is 13.8. The van der Waals surface area contributed by atoms with Crippen LogP contribution in [0, 0.1) is 5.82 Å². The van der Waals surface area contributed by atoms with E-state index in [0.29, 0.717) is 33.7 Å². The molecule has 1 heterocycles. The van der Waals surface area contributed by atoms with E-state index in [2.05, 4.69) is 5.32 Å². The van der Waals surface area contributed by atoms with E-state index in [1.165, 1.54) is 37.4 Å². The van der Waals surface area contributed by atoms with Crippen molar-refractivity contribution in [2.75, 3.05) is 12.4 Å². The average Bonchev–Trinajstić information content (AvgIpc) is 2.73. The minimum atomic E-state index is -0.615. The number of nitrogens with one attached hydrogen (secondary N) is 1. The van der Waals surface area contributed by atoms with Gasteiger partial charge >= 0.3 is 0 Å². The highest BCUT2D eigenvalue weighted by molar-refractivity contribution is 6.05. The molecule has 1 aromatic heterocycles. The molecule has 29 heavy (non-hydrogen) atoms. The number of para-hydroxylation sites is 1. The molecule has 1 amide bonds. The Bertz CT molecular complexity index is 1280. The summed E-state index contributed by atoms with van der Waals surface area (Å²) in [6, 6.07) is 19.0. The van der Waals surface area contributed by atoms with Crippen LogP contribution in [0.5, 0.6) is 5.75 Å². The number of ether oxygens (including phenoxy) is 1. The Morgan fingerprint density at radius 3 is 2.55 bits per heavy atom. The molecule has 0 unspecified atom stereocenters. The number of anilines is 1. The van der Waals surface area contributed by atoms with Crippen molar-refractivity contribution >= 4 is 22.6 Å². The number of hydrogen-bond acceptors (Lipinski definition) is 4. The van der Waals surface area contributed by atoms with Gasteiger partial charge in [0.1, 0.15) is 22.9 Å². The van der Waals surface area contributed by atoms with Gasteiger partial charge in [-0.25, -0.2) is 4.39 Å². The number of amides is 1. The predicted molar refractivity (Wildman–Crippen MR) is 109 cm³/mol. The molecule has 0 aliphatic rings. The van der Waals surface area contributed by atoms with Crippen LogP contribution in [0.1, 0.15) is 10.4 Å². The van der Waals surface area contributed by atoms with Crippen LogP contribution < -0.4 is 15.5 Å². The van der Waals surface area contributed by atoms with Crippen molar-refractivity contribution in [1.29, 1.82) is 0 Å². The quantitative estimate of drug-likeness (QED) is 0.541. The van der Waals surface area contributed by atoms with Gasteiger partial charge in [0.25, 0.3) is 5.91 Å². The van der Waals surface area contributed by atoms with Gasteiger partial charge in [-0.3, -0.25) is 9.59 Å². The summed E-state index contributed by atoms with van der Waals surface area (Å²) in [5.41, 5.74) is 1.02. The van der Waals surface area contributed by atoms with E-state index in [-0.39, 0.29) is 11.0 Å². The molecule has 0 aliphatic heterocycles. The molecule has 0 aliphatic carbocycles. The van der Waals surface area contributed by atoms with Gasteiger partial charge in [0.05, 0.1) is 23.6 Å². The van der Waals surface area contributed by atoms with Crippen molar-refractivity contribution in [2.45, 2.75) is 0 Å². The number of methoxy groups -OCH3 is 1. The lowest BCUT2D eigenvalue weighted by Gasteiger charge is -2.10. The number of rotatable bonds is 4. The van der Waals surface area contributed by atoms with E-state index < -0.39 is 11.7 Å². The Hall–Kier alpha value is -3.93. The van der Waals surface area contributed by atoms with Crippen LogP contribution in [-0.4, -0.2) is 13.0 Å². The molecule has 3 aromatic carbocycles. The summed E-state index contributed by atoms with van der Waals surface area (Å²) in [6.07, 6.45) is 0. The Morgan fingerprint density at radius 1 is 1.00 bits per heavy atom. The van der Waals surface area contributed by atoms with Crippen molar-refractivity contribution in [3.05, 3.63) is 94.4 Å². The van der Waals surface area contributed by atoms with Crippen LogP contribution in [0.3, 0.4) is 0 Å². The third kappa shape index (κ3) is 3.60. The lowest BCUT2D eigenvalue weighted by Crippen LogP contribution is -2.13.